The molecule has 0 saturated heterocycles. The maximum absolute atomic E-state index is 13.2. The standard InChI is InChI=1S/C17H13F2NO3S/c18-16-6-5-15(9-17(16)19)24(21,22)20-10-12-1-3-13(4-2-12)14-7-8-23-11-14/h1-9,11,20H,10H2. The van der Waals surface area contributed by atoms with Crippen molar-refractivity contribution in [3.8, 4) is 11.1 Å². The summed E-state index contributed by atoms with van der Waals surface area (Å²) in [5, 5.41) is 0. The number of halogens is 2. The quantitative estimate of drug-likeness (QED) is 0.764. The molecule has 124 valence electrons. The molecule has 0 fully saturated rings. The van der Waals surface area contributed by atoms with Gasteiger partial charge in [0.15, 0.2) is 11.6 Å². The number of hydrogen-bond acceptors (Lipinski definition) is 3. The normalized spacial score (nSPS) is 11.6. The van der Waals surface area contributed by atoms with Crippen LogP contribution >= 0.6 is 0 Å². The fraction of sp³-hybridized carbons (Fsp3) is 0.0588. The molecule has 0 aliphatic rings. The van der Waals surface area contributed by atoms with Crippen molar-refractivity contribution >= 4 is 10.0 Å². The Bertz CT molecular complexity index is 936. The minimum atomic E-state index is -3.92. The van der Waals surface area contributed by atoms with Gasteiger partial charge in [-0.1, -0.05) is 24.3 Å². The highest BCUT2D eigenvalue weighted by Gasteiger charge is 2.16. The zero-order valence-electron chi connectivity index (χ0n) is 12.4. The highest BCUT2D eigenvalue weighted by molar-refractivity contribution is 7.89. The van der Waals surface area contributed by atoms with E-state index < -0.39 is 21.7 Å². The molecule has 0 aliphatic heterocycles. The Balaban J connectivity index is 1.71. The largest absolute Gasteiger partial charge is 0.472 e. The van der Waals surface area contributed by atoms with Crippen LogP contribution in [-0.2, 0) is 16.6 Å². The van der Waals surface area contributed by atoms with E-state index >= 15 is 0 Å². The van der Waals surface area contributed by atoms with Crippen molar-refractivity contribution in [2.24, 2.45) is 0 Å². The van der Waals surface area contributed by atoms with Crippen LogP contribution in [0.1, 0.15) is 5.56 Å². The summed E-state index contributed by atoms with van der Waals surface area (Å²) in [6.07, 6.45) is 3.18. The number of nitrogens with one attached hydrogen (secondary N) is 1. The van der Waals surface area contributed by atoms with Gasteiger partial charge in [0.1, 0.15) is 0 Å². The van der Waals surface area contributed by atoms with Gasteiger partial charge in [0.2, 0.25) is 10.0 Å². The van der Waals surface area contributed by atoms with E-state index in [-0.39, 0.29) is 11.4 Å². The van der Waals surface area contributed by atoms with Crippen LogP contribution < -0.4 is 4.72 Å². The van der Waals surface area contributed by atoms with Gasteiger partial charge in [-0.15, -0.1) is 0 Å². The molecule has 3 aromatic rings. The number of hydrogen-bond donors (Lipinski definition) is 1. The molecular formula is C17H13F2NO3S. The summed E-state index contributed by atoms with van der Waals surface area (Å²) in [5.41, 5.74) is 2.59. The van der Waals surface area contributed by atoms with E-state index in [2.05, 4.69) is 4.72 Å². The second-order valence-corrected chi connectivity index (χ2v) is 6.88. The third-order valence-electron chi connectivity index (χ3n) is 3.48. The topological polar surface area (TPSA) is 59.3 Å². The van der Waals surface area contributed by atoms with Gasteiger partial charge in [-0.05, 0) is 35.4 Å². The summed E-state index contributed by atoms with van der Waals surface area (Å²) in [4.78, 5) is -0.323. The van der Waals surface area contributed by atoms with Crippen LogP contribution in [0, 0.1) is 11.6 Å². The van der Waals surface area contributed by atoms with Gasteiger partial charge in [0, 0.05) is 12.1 Å². The van der Waals surface area contributed by atoms with Crippen molar-refractivity contribution < 1.29 is 21.6 Å². The molecule has 7 heteroatoms. The van der Waals surface area contributed by atoms with Crippen LogP contribution in [-0.4, -0.2) is 8.42 Å². The Morgan fingerprint density at radius 2 is 1.67 bits per heavy atom. The molecule has 0 bridgehead atoms. The van der Waals surface area contributed by atoms with Crippen LogP contribution in [0.25, 0.3) is 11.1 Å². The van der Waals surface area contributed by atoms with Gasteiger partial charge in [0.05, 0.1) is 17.4 Å². The second kappa shape index (κ2) is 6.54. The SMILES string of the molecule is O=S(=O)(NCc1ccc(-c2ccoc2)cc1)c1ccc(F)c(F)c1. The fourth-order valence-corrected chi connectivity index (χ4v) is 3.18. The van der Waals surface area contributed by atoms with Crippen molar-refractivity contribution in [2.45, 2.75) is 11.4 Å². The number of rotatable bonds is 5. The van der Waals surface area contributed by atoms with Gasteiger partial charge in [-0.25, -0.2) is 21.9 Å². The minimum Gasteiger partial charge on any atom is -0.472 e. The van der Waals surface area contributed by atoms with Crippen molar-refractivity contribution in [1.29, 1.82) is 0 Å². The third kappa shape index (κ3) is 3.52. The van der Waals surface area contributed by atoms with Crippen LogP contribution in [0.2, 0.25) is 0 Å². The lowest BCUT2D eigenvalue weighted by Crippen LogP contribution is -2.23. The van der Waals surface area contributed by atoms with Crippen LogP contribution in [0.15, 0.2) is 70.4 Å². The summed E-state index contributed by atoms with van der Waals surface area (Å²) in [6.45, 7) is 0.0347. The summed E-state index contributed by atoms with van der Waals surface area (Å²) in [6, 6.07) is 11.5. The lowest BCUT2D eigenvalue weighted by molar-refractivity contribution is 0.504. The molecule has 0 saturated carbocycles. The Labute approximate surface area is 137 Å². The summed E-state index contributed by atoms with van der Waals surface area (Å²) in [5.74, 6) is -2.30. The summed E-state index contributed by atoms with van der Waals surface area (Å²) < 4.78 is 57.7. The summed E-state index contributed by atoms with van der Waals surface area (Å²) >= 11 is 0. The minimum absolute atomic E-state index is 0.0347. The molecule has 0 radical (unpaired) electrons. The Morgan fingerprint density at radius 3 is 2.29 bits per heavy atom. The molecule has 0 spiro atoms. The number of benzene rings is 2. The highest BCUT2D eigenvalue weighted by Crippen LogP contribution is 2.20. The van der Waals surface area contributed by atoms with Crippen LogP contribution in [0.3, 0.4) is 0 Å². The second-order valence-electron chi connectivity index (χ2n) is 5.11. The van der Waals surface area contributed by atoms with Gasteiger partial charge in [-0.2, -0.15) is 0 Å². The first-order valence-corrected chi connectivity index (χ1v) is 8.50. The van der Waals surface area contributed by atoms with Gasteiger partial charge in [0.25, 0.3) is 0 Å². The Kier molecular flexibility index (Phi) is 4.46. The lowest BCUT2D eigenvalue weighted by atomic mass is 10.1. The van der Waals surface area contributed by atoms with Crippen LogP contribution in [0.5, 0.6) is 0 Å². The zero-order chi connectivity index (χ0) is 17.2. The van der Waals surface area contributed by atoms with E-state index in [0.717, 1.165) is 28.8 Å². The molecular weight excluding hydrogens is 336 g/mol. The predicted molar refractivity (Wildman–Crippen MR) is 84.5 cm³/mol. The highest BCUT2D eigenvalue weighted by atomic mass is 32.2. The zero-order valence-corrected chi connectivity index (χ0v) is 13.2. The first-order valence-electron chi connectivity index (χ1n) is 7.02. The molecule has 0 atom stereocenters. The third-order valence-corrected chi connectivity index (χ3v) is 4.88. The van der Waals surface area contributed by atoms with E-state index in [4.69, 9.17) is 4.42 Å². The molecule has 0 amide bonds. The number of furan rings is 1. The van der Waals surface area contributed by atoms with E-state index in [1.54, 1.807) is 24.7 Å². The molecule has 2 aromatic carbocycles. The van der Waals surface area contributed by atoms with Crippen molar-refractivity contribution in [1.82, 2.24) is 4.72 Å². The molecule has 1 heterocycles. The van der Waals surface area contributed by atoms with Crippen molar-refractivity contribution in [2.75, 3.05) is 0 Å². The molecule has 4 nitrogen and oxygen atoms in total. The maximum Gasteiger partial charge on any atom is 0.240 e. The monoisotopic (exact) mass is 349 g/mol. The molecule has 0 aliphatic carbocycles. The van der Waals surface area contributed by atoms with Crippen molar-refractivity contribution in [3.63, 3.8) is 0 Å². The van der Waals surface area contributed by atoms with Crippen molar-refractivity contribution in [3.05, 3.63) is 78.3 Å². The Hall–Kier alpha value is -2.51. The fourth-order valence-electron chi connectivity index (χ4n) is 2.15. The van der Waals surface area contributed by atoms with E-state index in [1.807, 2.05) is 18.2 Å². The summed E-state index contributed by atoms with van der Waals surface area (Å²) in [7, 11) is -3.92. The van der Waals surface area contributed by atoms with E-state index in [1.165, 1.54) is 0 Å². The first-order chi connectivity index (χ1) is 11.5. The van der Waals surface area contributed by atoms with Crippen LogP contribution in [0.4, 0.5) is 8.78 Å². The molecule has 0 unspecified atom stereocenters. The average molecular weight is 349 g/mol. The first kappa shape index (κ1) is 16.4. The van der Waals surface area contributed by atoms with Gasteiger partial charge >= 0.3 is 0 Å². The molecule has 1 aromatic heterocycles. The lowest BCUT2D eigenvalue weighted by Gasteiger charge is -2.08. The average Bonchev–Trinajstić information content (AvgIpc) is 3.10. The molecule has 1 N–H and O–H groups in total. The maximum atomic E-state index is 13.2. The van der Waals surface area contributed by atoms with E-state index in [0.29, 0.717) is 6.07 Å². The number of sulfonamides is 1. The Morgan fingerprint density at radius 1 is 0.917 bits per heavy atom. The molecule has 24 heavy (non-hydrogen) atoms. The van der Waals surface area contributed by atoms with Gasteiger partial charge < -0.3 is 4.42 Å². The predicted octanol–water partition coefficient (Wildman–Crippen LogP) is 3.70. The van der Waals surface area contributed by atoms with E-state index in [9.17, 15) is 17.2 Å². The smallest absolute Gasteiger partial charge is 0.240 e. The van der Waals surface area contributed by atoms with Gasteiger partial charge in [-0.3, -0.25) is 0 Å². The molecule has 3 rings (SSSR count).